The molecule has 0 aromatic heterocycles. The molecular formula is C17H17NO2. The van der Waals surface area contributed by atoms with Gasteiger partial charge in [0.25, 0.3) is 0 Å². The van der Waals surface area contributed by atoms with E-state index in [0.29, 0.717) is 5.56 Å². The normalized spacial score (nSPS) is 11.7. The maximum Gasteiger partial charge on any atom is 0.119 e. The average molecular weight is 267 g/mol. The predicted molar refractivity (Wildman–Crippen MR) is 77.4 cm³/mol. The van der Waals surface area contributed by atoms with Crippen molar-refractivity contribution in [2.24, 2.45) is 0 Å². The molecule has 102 valence electrons. The van der Waals surface area contributed by atoms with Gasteiger partial charge in [0.05, 0.1) is 11.6 Å². The summed E-state index contributed by atoms with van der Waals surface area (Å²) in [5.41, 5.74) is 2.58. The molecular weight excluding hydrogens is 250 g/mol. The van der Waals surface area contributed by atoms with Gasteiger partial charge in [-0.2, -0.15) is 5.26 Å². The van der Waals surface area contributed by atoms with Crippen LogP contribution in [0.2, 0.25) is 0 Å². The smallest absolute Gasteiger partial charge is 0.119 e. The molecule has 0 amide bonds. The Morgan fingerprint density at radius 1 is 1.10 bits per heavy atom. The number of rotatable bonds is 5. The molecule has 0 saturated heterocycles. The summed E-state index contributed by atoms with van der Waals surface area (Å²) in [6.07, 6.45) is 0.294. The van der Waals surface area contributed by atoms with E-state index in [2.05, 4.69) is 6.92 Å². The van der Waals surface area contributed by atoms with Gasteiger partial charge in [0.1, 0.15) is 18.5 Å². The van der Waals surface area contributed by atoms with Crippen LogP contribution in [0.4, 0.5) is 0 Å². The van der Waals surface area contributed by atoms with Crippen molar-refractivity contribution in [2.75, 3.05) is 6.61 Å². The van der Waals surface area contributed by atoms with E-state index in [4.69, 9.17) is 10.00 Å². The fourth-order valence-corrected chi connectivity index (χ4v) is 1.87. The van der Waals surface area contributed by atoms with Gasteiger partial charge >= 0.3 is 0 Å². The number of nitrogens with zero attached hydrogens (tertiary/aromatic N) is 1. The quantitative estimate of drug-likeness (QED) is 0.904. The van der Waals surface area contributed by atoms with Gasteiger partial charge in [0, 0.05) is 0 Å². The number of benzene rings is 2. The molecule has 3 nitrogen and oxygen atoms in total. The van der Waals surface area contributed by atoms with Gasteiger partial charge in [0.2, 0.25) is 0 Å². The molecule has 0 spiro atoms. The van der Waals surface area contributed by atoms with E-state index in [1.165, 1.54) is 5.56 Å². The van der Waals surface area contributed by atoms with Crippen LogP contribution >= 0.6 is 0 Å². The minimum Gasteiger partial charge on any atom is -0.491 e. The first-order valence-corrected chi connectivity index (χ1v) is 6.62. The number of ether oxygens (including phenoxy) is 1. The Kier molecular flexibility index (Phi) is 4.75. The lowest BCUT2D eigenvalue weighted by Crippen LogP contribution is -2.09. The van der Waals surface area contributed by atoms with Crippen LogP contribution in [-0.2, 0) is 6.42 Å². The van der Waals surface area contributed by atoms with Crippen LogP contribution in [-0.4, -0.2) is 11.7 Å². The number of hydrogen-bond acceptors (Lipinski definition) is 3. The number of hydrogen-bond donors (Lipinski definition) is 1. The Hall–Kier alpha value is -2.31. The molecule has 1 atom stereocenters. The third kappa shape index (κ3) is 3.59. The van der Waals surface area contributed by atoms with Gasteiger partial charge in [-0.05, 0) is 41.8 Å². The van der Waals surface area contributed by atoms with E-state index < -0.39 is 6.10 Å². The zero-order valence-corrected chi connectivity index (χ0v) is 11.4. The Morgan fingerprint density at radius 3 is 2.30 bits per heavy atom. The first kappa shape index (κ1) is 14.1. The topological polar surface area (TPSA) is 53.2 Å². The van der Waals surface area contributed by atoms with Crippen molar-refractivity contribution < 1.29 is 9.84 Å². The van der Waals surface area contributed by atoms with Crippen molar-refractivity contribution in [1.29, 1.82) is 5.26 Å². The molecule has 0 saturated carbocycles. The highest BCUT2D eigenvalue weighted by atomic mass is 16.5. The molecule has 0 aliphatic rings. The fourth-order valence-electron chi connectivity index (χ4n) is 1.87. The Bertz CT molecular complexity index is 582. The lowest BCUT2D eigenvalue weighted by molar-refractivity contribution is 0.108. The van der Waals surface area contributed by atoms with Gasteiger partial charge in [-0.25, -0.2) is 0 Å². The monoisotopic (exact) mass is 267 g/mol. The van der Waals surface area contributed by atoms with Gasteiger partial charge < -0.3 is 9.84 Å². The molecule has 20 heavy (non-hydrogen) atoms. The molecule has 0 aliphatic heterocycles. The summed E-state index contributed by atoms with van der Waals surface area (Å²) in [7, 11) is 0. The maximum absolute atomic E-state index is 10.0. The molecule has 3 heteroatoms. The summed E-state index contributed by atoms with van der Waals surface area (Å²) < 4.78 is 5.56. The Morgan fingerprint density at radius 2 is 1.75 bits per heavy atom. The van der Waals surface area contributed by atoms with Crippen LogP contribution in [0.5, 0.6) is 5.75 Å². The van der Waals surface area contributed by atoms with E-state index in [1.54, 1.807) is 24.3 Å². The van der Waals surface area contributed by atoms with Crippen molar-refractivity contribution in [1.82, 2.24) is 0 Å². The summed E-state index contributed by atoms with van der Waals surface area (Å²) in [4.78, 5) is 0. The van der Waals surface area contributed by atoms with Gasteiger partial charge in [-0.1, -0.05) is 31.2 Å². The summed E-state index contributed by atoms with van der Waals surface area (Å²) in [5.74, 6) is 0.745. The molecule has 2 rings (SSSR count). The highest BCUT2D eigenvalue weighted by molar-refractivity contribution is 5.32. The fraction of sp³-hybridized carbons (Fsp3) is 0.235. The van der Waals surface area contributed by atoms with Crippen LogP contribution < -0.4 is 4.74 Å². The van der Waals surface area contributed by atoms with Crippen LogP contribution in [0.25, 0.3) is 0 Å². The lowest BCUT2D eigenvalue weighted by atomic mass is 10.1. The van der Waals surface area contributed by atoms with Crippen LogP contribution in [0.1, 0.15) is 29.7 Å². The number of aliphatic hydroxyl groups is 1. The molecule has 0 radical (unpaired) electrons. The number of nitriles is 1. The van der Waals surface area contributed by atoms with Gasteiger partial charge in [-0.3, -0.25) is 0 Å². The van der Waals surface area contributed by atoms with E-state index in [9.17, 15) is 5.11 Å². The van der Waals surface area contributed by atoms with E-state index in [1.807, 2.05) is 30.3 Å². The molecule has 0 bridgehead atoms. The average Bonchev–Trinajstić information content (AvgIpc) is 2.53. The SMILES string of the molecule is CCc1ccc(OCC(O)c2ccc(C#N)cc2)cc1. The zero-order chi connectivity index (χ0) is 14.4. The number of aryl methyl sites for hydroxylation is 1. The summed E-state index contributed by atoms with van der Waals surface area (Å²) in [6.45, 7) is 2.29. The molecule has 0 fully saturated rings. The number of aliphatic hydroxyl groups excluding tert-OH is 1. The van der Waals surface area contributed by atoms with Crippen molar-refractivity contribution in [2.45, 2.75) is 19.4 Å². The minimum atomic E-state index is -0.700. The summed E-state index contributed by atoms with van der Waals surface area (Å²) in [5, 5.41) is 18.8. The highest BCUT2D eigenvalue weighted by Crippen LogP contribution is 2.17. The van der Waals surface area contributed by atoms with Crippen molar-refractivity contribution >= 4 is 0 Å². The molecule has 0 heterocycles. The predicted octanol–water partition coefficient (Wildman–Crippen LogP) is 3.23. The van der Waals surface area contributed by atoms with Crippen LogP contribution in [0.3, 0.4) is 0 Å². The van der Waals surface area contributed by atoms with Gasteiger partial charge in [0.15, 0.2) is 0 Å². The molecule has 2 aromatic carbocycles. The minimum absolute atomic E-state index is 0.192. The van der Waals surface area contributed by atoms with Crippen molar-refractivity contribution in [3.05, 3.63) is 65.2 Å². The van der Waals surface area contributed by atoms with Crippen LogP contribution in [0.15, 0.2) is 48.5 Å². The molecule has 0 aliphatic carbocycles. The lowest BCUT2D eigenvalue weighted by Gasteiger charge is -2.13. The zero-order valence-electron chi connectivity index (χ0n) is 11.4. The van der Waals surface area contributed by atoms with Crippen molar-refractivity contribution in [3.63, 3.8) is 0 Å². The second-order valence-electron chi connectivity index (χ2n) is 4.56. The maximum atomic E-state index is 10.0. The highest BCUT2D eigenvalue weighted by Gasteiger charge is 2.08. The third-order valence-electron chi connectivity index (χ3n) is 3.16. The van der Waals surface area contributed by atoms with Crippen LogP contribution in [0, 0.1) is 11.3 Å². The second kappa shape index (κ2) is 6.74. The first-order chi connectivity index (χ1) is 9.72. The van der Waals surface area contributed by atoms with E-state index >= 15 is 0 Å². The molecule has 1 N–H and O–H groups in total. The molecule has 1 unspecified atom stereocenters. The molecule has 2 aromatic rings. The van der Waals surface area contributed by atoms with E-state index in [-0.39, 0.29) is 6.61 Å². The van der Waals surface area contributed by atoms with Gasteiger partial charge in [-0.15, -0.1) is 0 Å². The second-order valence-corrected chi connectivity index (χ2v) is 4.56. The largest absolute Gasteiger partial charge is 0.491 e. The summed E-state index contributed by atoms with van der Waals surface area (Å²) in [6, 6.07) is 16.8. The standard InChI is InChI=1S/C17H17NO2/c1-2-13-5-9-16(10-6-13)20-12-17(19)15-7-3-14(11-18)4-8-15/h3-10,17,19H,2,12H2,1H3. The first-order valence-electron chi connectivity index (χ1n) is 6.62. The Balaban J connectivity index is 1.93. The van der Waals surface area contributed by atoms with E-state index in [0.717, 1.165) is 17.7 Å². The third-order valence-corrected chi connectivity index (χ3v) is 3.16. The Labute approximate surface area is 119 Å². The van der Waals surface area contributed by atoms with Crippen molar-refractivity contribution in [3.8, 4) is 11.8 Å². The summed E-state index contributed by atoms with van der Waals surface area (Å²) >= 11 is 0.